The summed E-state index contributed by atoms with van der Waals surface area (Å²) in [6.07, 6.45) is 0.692. The summed E-state index contributed by atoms with van der Waals surface area (Å²) in [6.45, 7) is 5.24. The lowest BCUT2D eigenvalue weighted by atomic mass is 10.0. The summed E-state index contributed by atoms with van der Waals surface area (Å²) in [5.74, 6) is 0.504. The molecule has 4 nitrogen and oxygen atoms in total. The van der Waals surface area contributed by atoms with Gasteiger partial charge in [0.05, 0.1) is 18.8 Å². The summed E-state index contributed by atoms with van der Waals surface area (Å²) in [6, 6.07) is 10.4. The number of rotatable bonds is 5. The molecule has 0 radical (unpaired) electrons. The van der Waals surface area contributed by atoms with Gasteiger partial charge >= 0.3 is 0 Å². The fourth-order valence-corrected chi connectivity index (χ4v) is 3.84. The minimum Gasteiger partial charge on any atom is -0.496 e. The van der Waals surface area contributed by atoms with E-state index in [1.807, 2.05) is 25.8 Å². The predicted octanol–water partition coefficient (Wildman–Crippen LogP) is 3.69. The number of aryl methyl sites for hydroxylation is 2. The summed E-state index contributed by atoms with van der Waals surface area (Å²) in [5, 5.41) is 0. The zero-order valence-electron chi connectivity index (χ0n) is 15.8. The van der Waals surface area contributed by atoms with Crippen molar-refractivity contribution in [2.45, 2.75) is 32.9 Å². The number of carbonyl (C=O) groups excluding carboxylic acids is 1. The van der Waals surface area contributed by atoms with Crippen LogP contribution >= 0.6 is 0 Å². The third-order valence-electron chi connectivity index (χ3n) is 5.01. The third-order valence-corrected chi connectivity index (χ3v) is 5.01. The average molecular weight is 356 g/mol. The number of ether oxygens (including phenoxy) is 1. The second-order valence-corrected chi connectivity index (χ2v) is 6.92. The average Bonchev–Trinajstić information content (AvgIpc) is 2.96. The molecule has 138 valence electrons. The Morgan fingerprint density at radius 3 is 2.50 bits per heavy atom. The molecular weight excluding hydrogens is 331 g/mol. The summed E-state index contributed by atoms with van der Waals surface area (Å²) in [7, 11) is 3.62. The lowest BCUT2D eigenvalue weighted by molar-refractivity contribution is -0.121. The van der Waals surface area contributed by atoms with Gasteiger partial charge in [-0.25, -0.2) is 4.39 Å². The Morgan fingerprint density at radius 1 is 1.23 bits per heavy atom. The standard InChI is InChI=1S/C21H25FN2O2/c1-14-11-16(12-15(2)20(14)26-4)13-23(3)19-9-10-24(21(19)25)18-8-6-5-7-17(18)22/h5-8,11-12,19H,9-10,13H2,1-4H3. The van der Waals surface area contributed by atoms with E-state index in [0.29, 0.717) is 25.2 Å². The molecule has 2 aromatic rings. The topological polar surface area (TPSA) is 32.8 Å². The van der Waals surface area contributed by atoms with Crippen molar-refractivity contribution < 1.29 is 13.9 Å². The van der Waals surface area contributed by atoms with Crippen molar-refractivity contribution in [2.75, 3.05) is 25.6 Å². The van der Waals surface area contributed by atoms with Gasteiger partial charge in [-0.05, 0) is 56.1 Å². The monoisotopic (exact) mass is 356 g/mol. The van der Waals surface area contributed by atoms with Crippen molar-refractivity contribution in [1.82, 2.24) is 4.90 Å². The Labute approximate surface area is 154 Å². The van der Waals surface area contributed by atoms with E-state index in [-0.39, 0.29) is 17.8 Å². The molecule has 2 aromatic carbocycles. The molecule has 5 heteroatoms. The molecule has 1 atom stereocenters. The first kappa shape index (κ1) is 18.4. The molecule has 0 N–H and O–H groups in total. The minimum absolute atomic E-state index is 0.0421. The highest BCUT2D eigenvalue weighted by Crippen LogP contribution is 2.28. The molecule has 0 bridgehead atoms. The van der Waals surface area contributed by atoms with Crippen LogP contribution in [0.25, 0.3) is 0 Å². The number of halogens is 1. The molecule has 26 heavy (non-hydrogen) atoms. The maximum atomic E-state index is 14.0. The number of likely N-dealkylation sites (N-methyl/N-ethyl adjacent to an activating group) is 1. The van der Waals surface area contributed by atoms with Crippen LogP contribution in [0.2, 0.25) is 0 Å². The molecule has 1 aliphatic heterocycles. The van der Waals surface area contributed by atoms with Crippen LogP contribution in [0.5, 0.6) is 5.75 Å². The molecule has 1 saturated heterocycles. The van der Waals surface area contributed by atoms with Crippen molar-refractivity contribution in [3.05, 3.63) is 58.9 Å². The quantitative estimate of drug-likeness (QED) is 0.819. The smallest absolute Gasteiger partial charge is 0.244 e. The van der Waals surface area contributed by atoms with E-state index in [9.17, 15) is 9.18 Å². The fraction of sp³-hybridized carbons (Fsp3) is 0.381. The number of hydrogen-bond donors (Lipinski definition) is 0. The van der Waals surface area contributed by atoms with E-state index >= 15 is 0 Å². The van der Waals surface area contributed by atoms with Crippen molar-refractivity contribution in [3.63, 3.8) is 0 Å². The van der Waals surface area contributed by atoms with Gasteiger partial charge in [0.1, 0.15) is 11.6 Å². The van der Waals surface area contributed by atoms with Gasteiger partial charge in [0.15, 0.2) is 0 Å². The Morgan fingerprint density at radius 2 is 1.88 bits per heavy atom. The zero-order chi connectivity index (χ0) is 18.8. The van der Waals surface area contributed by atoms with Crippen LogP contribution in [0, 0.1) is 19.7 Å². The molecule has 1 amide bonds. The first-order valence-corrected chi connectivity index (χ1v) is 8.82. The number of hydrogen-bond acceptors (Lipinski definition) is 3. The van der Waals surface area contributed by atoms with Crippen LogP contribution in [-0.2, 0) is 11.3 Å². The largest absolute Gasteiger partial charge is 0.496 e. The van der Waals surface area contributed by atoms with Crippen LogP contribution in [-0.4, -0.2) is 37.6 Å². The summed E-state index contributed by atoms with van der Waals surface area (Å²) in [4.78, 5) is 16.4. The van der Waals surface area contributed by atoms with E-state index in [1.165, 1.54) is 6.07 Å². The molecule has 1 fully saturated rings. The minimum atomic E-state index is -0.356. The highest BCUT2D eigenvalue weighted by atomic mass is 19.1. The zero-order valence-corrected chi connectivity index (χ0v) is 15.8. The van der Waals surface area contributed by atoms with Gasteiger partial charge < -0.3 is 9.64 Å². The molecule has 1 aliphatic rings. The van der Waals surface area contributed by atoms with Crippen molar-refractivity contribution in [2.24, 2.45) is 0 Å². The first-order valence-electron chi connectivity index (χ1n) is 8.82. The van der Waals surface area contributed by atoms with Gasteiger partial charge in [-0.2, -0.15) is 0 Å². The molecule has 0 saturated carbocycles. The molecule has 1 heterocycles. The van der Waals surface area contributed by atoms with Crippen LogP contribution in [0.3, 0.4) is 0 Å². The number of methoxy groups -OCH3 is 1. The Balaban J connectivity index is 1.74. The Hall–Kier alpha value is -2.40. The van der Waals surface area contributed by atoms with Gasteiger partial charge in [-0.1, -0.05) is 24.3 Å². The van der Waals surface area contributed by atoms with Gasteiger partial charge in [0.2, 0.25) is 5.91 Å². The Bertz CT molecular complexity index is 798. The predicted molar refractivity (Wildman–Crippen MR) is 101 cm³/mol. The highest BCUT2D eigenvalue weighted by Gasteiger charge is 2.36. The molecule has 0 aliphatic carbocycles. The van der Waals surface area contributed by atoms with Gasteiger partial charge in [-0.3, -0.25) is 9.69 Å². The van der Waals surface area contributed by atoms with E-state index in [4.69, 9.17) is 4.74 Å². The molecule has 3 rings (SSSR count). The maximum Gasteiger partial charge on any atom is 0.244 e. The van der Waals surface area contributed by atoms with Crippen LogP contribution in [0.4, 0.5) is 10.1 Å². The van der Waals surface area contributed by atoms with Crippen molar-refractivity contribution >= 4 is 11.6 Å². The fourth-order valence-electron chi connectivity index (χ4n) is 3.84. The lowest BCUT2D eigenvalue weighted by Crippen LogP contribution is -2.39. The number of amides is 1. The lowest BCUT2D eigenvalue weighted by Gasteiger charge is -2.24. The number of carbonyl (C=O) groups is 1. The number of nitrogens with zero attached hydrogens (tertiary/aromatic N) is 2. The van der Waals surface area contributed by atoms with Crippen molar-refractivity contribution in [1.29, 1.82) is 0 Å². The van der Waals surface area contributed by atoms with E-state index in [2.05, 4.69) is 12.1 Å². The number of anilines is 1. The van der Waals surface area contributed by atoms with Crippen molar-refractivity contribution in [3.8, 4) is 5.75 Å². The van der Waals surface area contributed by atoms with Crippen LogP contribution in [0.15, 0.2) is 36.4 Å². The summed E-state index contributed by atoms with van der Waals surface area (Å²) < 4.78 is 19.4. The first-order chi connectivity index (χ1) is 12.4. The highest BCUT2D eigenvalue weighted by molar-refractivity contribution is 5.99. The van der Waals surface area contributed by atoms with E-state index in [0.717, 1.165) is 22.4 Å². The summed E-state index contributed by atoms with van der Waals surface area (Å²) in [5.41, 5.74) is 3.67. The SMILES string of the molecule is COc1c(C)cc(CN(C)C2CCN(c3ccccc3F)C2=O)cc1C. The van der Waals surface area contributed by atoms with Gasteiger partial charge in [-0.15, -0.1) is 0 Å². The van der Waals surface area contributed by atoms with E-state index in [1.54, 1.807) is 30.2 Å². The molecule has 0 spiro atoms. The molecular formula is C21H25FN2O2. The summed E-state index contributed by atoms with van der Waals surface area (Å²) >= 11 is 0. The van der Waals surface area contributed by atoms with Gasteiger partial charge in [0, 0.05) is 13.1 Å². The van der Waals surface area contributed by atoms with Crippen LogP contribution < -0.4 is 9.64 Å². The van der Waals surface area contributed by atoms with Crippen LogP contribution in [0.1, 0.15) is 23.1 Å². The second kappa shape index (κ2) is 7.46. The molecule has 0 aromatic heterocycles. The normalized spacial score (nSPS) is 17.2. The number of benzene rings is 2. The maximum absolute atomic E-state index is 14.0. The number of para-hydroxylation sites is 1. The molecule has 1 unspecified atom stereocenters. The second-order valence-electron chi connectivity index (χ2n) is 6.92. The third kappa shape index (κ3) is 3.44. The van der Waals surface area contributed by atoms with Gasteiger partial charge in [0.25, 0.3) is 0 Å². The van der Waals surface area contributed by atoms with E-state index < -0.39 is 0 Å². The Kier molecular flexibility index (Phi) is 5.28.